The summed E-state index contributed by atoms with van der Waals surface area (Å²) < 4.78 is 0. The lowest BCUT2D eigenvalue weighted by Crippen LogP contribution is -1.85. The van der Waals surface area contributed by atoms with Gasteiger partial charge in [-0.3, -0.25) is 9.59 Å². The third-order valence-corrected chi connectivity index (χ3v) is 1.92. The van der Waals surface area contributed by atoms with Crippen LogP contribution in [0.25, 0.3) is 0 Å². The number of rotatable bonds is 6. The highest BCUT2D eigenvalue weighted by Gasteiger charge is 1.93. The number of hydrogen-bond acceptors (Lipinski definition) is 2. The first-order valence-electron chi connectivity index (χ1n) is 4.49. The molecule has 0 atom stereocenters. The quantitative estimate of drug-likeness (QED) is 0.357. The van der Waals surface area contributed by atoms with Crippen LogP contribution in [0.3, 0.4) is 0 Å². The van der Waals surface area contributed by atoms with Crippen LogP contribution in [-0.4, -0.2) is 12.6 Å². The molecule has 72 valence electrons. The minimum Gasteiger partial charge on any atom is -0.299 e. The molecule has 0 aromatic rings. The van der Waals surface area contributed by atoms with Crippen LogP contribution in [0.15, 0.2) is 23.3 Å². The van der Waals surface area contributed by atoms with Crippen LogP contribution in [0.1, 0.15) is 33.1 Å². The standard InChI is InChI=1S/C11H16O2/c1-3-10(2)5-4-6-11(9-13)7-8-12/h5,7-9H,3-4,6H2,1-2H3. The van der Waals surface area contributed by atoms with Crippen molar-refractivity contribution in [1.29, 1.82) is 0 Å². The van der Waals surface area contributed by atoms with Gasteiger partial charge in [0.15, 0.2) is 0 Å². The Morgan fingerprint density at radius 3 is 2.46 bits per heavy atom. The Bertz CT molecular complexity index is 224. The third kappa shape index (κ3) is 6.02. The highest BCUT2D eigenvalue weighted by atomic mass is 16.1. The van der Waals surface area contributed by atoms with E-state index in [4.69, 9.17) is 0 Å². The molecule has 0 amide bonds. The summed E-state index contributed by atoms with van der Waals surface area (Å²) in [5.41, 5.74) is 1.88. The number of allylic oxidation sites excluding steroid dienone is 4. The van der Waals surface area contributed by atoms with E-state index in [9.17, 15) is 9.59 Å². The van der Waals surface area contributed by atoms with Gasteiger partial charge >= 0.3 is 0 Å². The van der Waals surface area contributed by atoms with Crippen LogP contribution in [-0.2, 0) is 9.59 Å². The molecule has 2 heteroatoms. The van der Waals surface area contributed by atoms with Crippen molar-refractivity contribution in [2.24, 2.45) is 0 Å². The highest BCUT2D eigenvalue weighted by molar-refractivity contribution is 5.81. The summed E-state index contributed by atoms with van der Waals surface area (Å²) >= 11 is 0. The zero-order chi connectivity index (χ0) is 10.1. The van der Waals surface area contributed by atoms with E-state index in [1.165, 1.54) is 11.6 Å². The van der Waals surface area contributed by atoms with Crippen LogP contribution >= 0.6 is 0 Å². The van der Waals surface area contributed by atoms with Gasteiger partial charge < -0.3 is 0 Å². The van der Waals surface area contributed by atoms with Gasteiger partial charge in [0.2, 0.25) is 0 Å². The molecular formula is C11H16O2. The summed E-state index contributed by atoms with van der Waals surface area (Å²) in [5, 5.41) is 0. The Morgan fingerprint density at radius 2 is 2.00 bits per heavy atom. The summed E-state index contributed by atoms with van der Waals surface area (Å²) in [7, 11) is 0. The lowest BCUT2D eigenvalue weighted by Gasteiger charge is -1.96. The zero-order valence-corrected chi connectivity index (χ0v) is 8.25. The van der Waals surface area contributed by atoms with Gasteiger partial charge in [-0.05, 0) is 37.8 Å². The Hall–Kier alpha value is -1.18. The molecule has 0 bridgehead atoms. The fourth-order valence-corrected chi connectivity index (χ4v) is 0.899. The van der Waals surface area contributed by atoms with Gasteiger partial charge in [-0.1, -0.05) is 18.6 Å². The molecule has 0 N–H and O–H groups in total. The first kappa shape index (κ1) is 11.8. The Kier molecular flexibility index (Phi) is 6.79. The maximum Gasteiger partial charge on any atom is 0.146 e. The van der Waals surface area contributed by atoms with Crippen molar-refractivity contribution in [1.82, 2.24) is 0 Å². The van der Waals surface area contributed by atoms with E-state index >= 15 is 0 Å². The molecule has 0 aromatic heterocycles. The van der Waals surface area contributed by atoms with Crippen LogP contribution in [0.2, 0.25) is 0 Å². The van der Waals surface area contributed by atoms with E-state index in [0.717, 1.165) is 19.1 Å². The van der Waals surface area contributed by atoms with E-state index in [1.54, 1.807) is 0 Å². The molecule has 0 saturated heterocycles. The van der Waals surface area contributed by atoms with Gasteiger partial charge in [0.25, 0.3) is 0 Å². The first-order valence-corrected chi connectivity index (χ1v) is 4.49. The fraction of sp³-hybridized carbons (Fsp3) is 0.455. The van der Waals surface area contributed by atoms with E-state index in [1.807, 2.05) is 0 Å². The second-order valence-corrected chi connectivity index (χ2v) is 2.94. The maximum atomic E-state index is 10.4. The molecule has 13 heavy (non-hydrogen) atoms. The minimum atomic E-state index is 0.565. The summed E-state index contributed by atoms with van der Waals surface area (Å²) in [6, 6.07) is 0. The average Bonchev–Trinajstić information content (AvgIpc) is 2.16. The van der Waals surface area contributed by atoms with Crippen molar-refractivity contribution in [3.8, 4) is 0 Å². The third-order valence-electron chi connectivity index (χ3n) is 1.92. The van der Waals surface area contributed by atoms with Crippen molar-refractivity contribution in [2.75, 3.05) is 0 Å². The highest BCUT2D eigenvalue weighted by Crippen LogP contribution is 2.06. The van der Waals surface area contributed by atoms with E-state index in [2.05, 4.69) is 19.9 Å². The Morgan fingerprint density at radius 1 is 1.31 bits per heavy atom. The number of carbonyl (C=O) groups excluding carboxylic acids is 2. The number of hydrogen-bond donors (Lipinski definition) is 0. The van der Waals surface area contributed by atoms with Gasteiger partial charge in [-0.25, -0.2) is 0 Å². The summed E-state index contributed by atoms with van der Waals surface area (Å²) in [6.07, 6.45) is 7.33. The van der Waals surface area contributed by atoms with Gasteiger partial charge in [-0.15, -0.1) is 0 Å². The molecule has 0 spiro atoms. The second kappa shape index (κ2) is 7.47. The predicted octanol–water partition coefficient (Wildman–Crippen LogP) is 2.45. The van der Waals surface area contributed by atoms with Gasteiger partial charge in [0.05, 0.1) is 0 Å². The normalized spacial score (nSPS) is 12.8. The molecule has 0 heterocycles. The molecule has 0 saturated carbocycles. The SMILES string of the molecule is CCC(C)=CCCC(C=O)=CC=O. The van der Waals surface area contributed by atoms with E-state index < -0.39 is 0 Å². The Balaban J connectivity index is 3.93. The Labute approximate surface area is 79.3 Å². The van der Waals surface area contributed by atoms with Crippen molar-refractivity contribution in [2.45, 2.75) is 33.1 Å². The minimum absolute atomic E-state index is 0.565. The van der Waals surface area contributed by atoms with Crippen molar-refractivity contribution in [3.63, 3.8) is 0 Å². The average molecular weight is 180 g/mol. The summed E-state index contributed by atoms with van der Waals surface area (Å²) in [6.45, 7) is 4.15. The molecule has 0 aliphatic carbocycles. The van der Waals surface area contributed by atoms with E-state index in [0.29, 0.717) is 18.3 Å². The van der Waals surface area contributed by atoms with Gasteiger partial charge in [0, 0.05) is 0 Å². The summed E-state index contributed by atoms with van der Waals surface area (Å²) in [4.78, 5) is 20.5. The molecule has 2 nitrogen and oxygen atoms in total. The topological polar surface area (TPSA) is 34.1 Å². The predicted molar refractivity (Wildman–Crippen MR) is 53.5 cm³/mol. The molecule has 0 unspecified atom stereocenters. The number of aldehydes is 2. The lowest BCUT2D eigenvalue weighted by atomic mass is 10.1. The first-order chi connectivity index (χ1) is 6.24. The molecule has 0 aliphatic heterocycles. The van der Waals surface area contributed by atoms with Crippen LogP contribution < -0.4 is 0 Å². The molecule has 0 aliphatic rings. The maximum absolute atomic E-state index is 10.4. The van der Waals surface area contributed by atoms with Crippen LogP contribution in [0, 0.1) is 0 Å². The number of carbonyl (C=O) groups is 2. The molecule has 0 rings (SSSR count). The van der Waals surface area contributed by atoms with Gasteiger partial charge in [-0.2, -0.15) is 0 Å². The van der Waals surface area contributed by atoms with Crippen molar-refractivity contribution in [3.05, 3.63) is 23.3 Å². The molecule has 0 fully saturated rings. The largest absolute Gasteiger partial charge is 0.299 e. The smallest absolute Gasteiger partial charge is 0.146 e. The van der Waals surface area contributed by atoms with Crippen molar-refractivity contribution < 1.29 is 9.59 Å². The van der Waals surface area contributed by atoms with Crippen molar-refractivity contribution >= 4 is 12.6 Å². The summed E-state index contributed by atoms with van der Waals surface area (Å²) in [5.74, 6) is 0. The fourth-order valence-electron chi connectivity index (χ4n) is 0.899. The lowest BCUT2D eigenvalue weighted by molar-refractivity contribution is -0.106. The monoisotopic (exact) mass is 180 g/mol. The second-order valence-electron chi connectivity index (χ2n) is 2.94. The molecular weight excluding hydrogens is 164 g/mol. The van der Waals surface area contributed by atoms with Gasteiger partial charge in [0.1, 0.15) is 12.6 Å². The molecule has 0 aromatic carbocycles. The van der Waals surface area contributed by atoms with Crippen LogP contribution in [0.5, 0.6) is 0 Å². The zero-order valence-electron chi connectivity index (χ0n) is 8.25. The van der Waals surface area contributed by atoms with E-state index in [-0.39, 0.29) is 0 Å². The molecule has 0 radical (unpaired) electrons. The van der Waals surface area contributed by atoms with Crippen LogP contribution in [0.4, 0.5) is 0 Å².